The van der Waals surface area contributed by atoms with Gasteiger partial charge in [0.25, 0.3) is 0 Å². The van der Waals surface area contributed by atoms with E-state index in [0.717, 1.165) is 23.1 Å². The summed E-state index contributed by atoms with van der Waals surface area (Å²) < 4.78 is 6.90. The van der Waals surface area contributed by atoms with E-state index in [1.165, 1.54) is 30.4 Å². The number of hydrogen-bond donors (Lipinski definition) is 1. The second kappa shape index (κ2) is 8.34. The first-order chi connectivity index (χ1) is 12.1. The maximum Gasteiger partial charge on any atom is 0.102 e. The van der Waals surface area contributed by atoms with Gasteiger partial charge in [-0.25, -0.2) is 0 Å². The highest BCUT2D eigenvalue weighted by molar-refractivity contribution is 8.69. The molecule has 0 saturated heterocycles. The lowest BCUT2D eigenvalue weighted by Crippen LogP contribution is -2.46. The summed E-state index contributed by atoms with van der Waals surface area (Å²) in [6, 6.07) is 21.8. The van der Waals surface area contributed by atoms with Crippen LogP contribution in [0, 0.1) is 0 Å². The lowest BCUT2D eigenvalue weighted by atomic mass is 9.68. The summed E-state index contributed by atoms with van der Waals surface area (Å²) in [5.41, 5.74) is 2.46. The van der Waals surface area contributed by atoms with Gasteiger partial charge in [0, 0.05) is 5.92 Å². The van der Waals surface area contributed by atoms with Gasteiger partial charge in [-0.2, -0.15) is 0 Å². The van der Waals surface area contributed by atoms with Gasteiger partial charge >= 0.3 is 0 Å². The zero-order valence-corrected chi connectivity index (χ0v) is 18.9. The second-order valence-corrected chi connectivity index (χ2v) is 11.1. The van der Waals surface area contributed by atoms with Gasteiger partial charge in [-0.15, -0.1) is 11.7 Å². The third-order valence-electron chi connectivity index (χ3n) is 5.55. The molecule has 4 heteroatoms. The highest BCUT2D eigenvalue weighted by atomic mass is 33.1. The Balaban J connectivity index is 2.11. The summed E-state index contributed by atoms with van der Waals surface area (Å²) in [7, 11) is 2.55. The Bertz CT molecular complexity index is 660. The molecule has 2 aromatic carbocycles. The first-order valence-corrected chi connectivity index (χ1v) is 12.1. The van der Waals surface area contributed by atoms with E-state index in [1.807, 2.05) is 0 Å². The van der Waals surface area contributed by atoms with E-state index >= 15 is 0 Å². The fraction of sp³-hybridized carbons (Fsp3) is 0.429. The summed E-state index contributed by atoms with van der Waals surface area (Å²) in [6.07, 6.45) is 5.73. The molecule has 0 N–H and O–H groups in total. The van der Waals surface area contributed by atoms with Crippen LogP contribution in [0.1, 0.15) is 56.1 Å². The fourth-order valence-corrected chi connectivity index (χ4v) is 5.23. The molecule has 3 atom stereocenters. The van der Waals surface area contributed by atoms with E-state index in [9.17, 15) is 0 Å². The van der Waals surface area contributed by atoms with Gasteiger partial charge in [-0.1, -0.05) is 91.2 Å². The quantitative estimate of drug-likeness (QED) is 0.313. The van der Waals surface area contributed by atoms with Crippen molar-refractivity contribution in [3.63, 3.8) is 0 Å². The van der Waals surface area contributed by atoms with Crippen LogP contribution in [-0.4, -0.2) is 14.8 Å². The Morgan fingerprint density at radius 1 is 1.12 bits per heavy atom. The largest absolute Gasteiger partial charge is 0.357 e. The summed E-state index contributed by atoms with van der Waals surface area (Å²) in [5, 5.41) is 0. The number of benzene rings is 2. The molecular weight excluding hydrogens is 360 g/mol. The highest BCUT2D eigenvalue weighted by Crippen LogP contribution is 2.53. The Labute approximate surface area is 164 Å². The molecule has 25 heavy (non-hydrogen) atoms. The molecule has 0 aliphatic heterocycles. The lowest BCUT2D eigenvalue weighted by molar-refractivity contribution is -0.120. The van der Waals surface area contributed by atoms with Crippen molar-refractivity contribution in [1.82, 2.24) is 0 Å². The molecule has 0 spiro atoms. The maximum absolute atomic E-state index is 7.07. The predicted molar refractivity (Wildman–Crippen MR) is 116 cm³/mol. The number of hydrogen-bond acceptors (Lipinski definition) is 3. The van der Waals surface area contributed by atoms with E-state index in [-0.39, 0.29) is 10.2 Å². The van der Waals surface area contributed by atoms with Gasteiger partial charge in [0.05, 0.1) is 10.2 Å². The topological polar surface area (TPSA) is 9.23 Å². The standard InChI is InChI=1S/C21H28OS2Si/c1-2-21(25,24-23)22-20(18-13-7-4-8-14-18)16-10-9-15-19(20)17-11-5-3-6-12-17/h3-8,11-14,19,23H,2,9-10,15-16H2,1,25H3. The Morgan fingerprint density at radius 2 is 1.76 bits per heavy atom. The van der Waals surface area contributed by atoms with Crippen LogP contribution in [-0.2, 0) is 10.3 Å². The Morgan fingerprint density at radius 3 is 2.36 bits per heavy atom. The van der Waals surface area contributed by atoms with E-state index in [2.05, 4.69) is 79.2 Å². The fourth-order valence-electron chi connectivity index (χ4n) is 4.05. The highest BCUT2D eigenvalue weighted by Gasteiger charge is 2.47. The van der Waals surface area contributed by atoms with Crippen LogP contribution in [0.15, 0.2) is 60.7 Å². The van der Waals surface area contributed by atoms with Crippen LogP contribution in [0.3, 0.4) is 0 Å². The molecule has 134 valence electrons. The van der Waals surface area contributed by atoms with Crippen LogP contribution in [0.25, 0.3) is 0 Å². The summed E-state index contributed by atoms with van der Waals surface area (Å²) in [5.74, 6) is 0.394. The van der Waals surface area contributed by atoms with Gasteiger partial charge in [0.1, 0.15) is 10.2 Å². The minimum atomic E-state index is -0.256. The third kappa shape index (κ3) is 4.02. The minimum absolute atomic E-state index is 0.163. The molecule has 0 radical (unpaired) electrons. The molecule has 1 aliphatic carbocycles. The average Bonchev–Trinajstić information content (AvgIpc) is 2.69. The molecule has 1 aliphatic rings. The summed E-state index contributed by atoms with van der Waals surface area (Å²) >= 11 is 4.57. The van der Waals surface area contributed by atoms with Crippen molar-refractivity contribution in [2.24, 2.45) is 0 Å². The number of rotatable bonds is 6. The van der Waals surface area contributed by atoms with Crippen LogP contribution in [0.5, 0.6) is 0 Å². The maximum atomic E-state index is 7.07. The van der Waals surface area contributed by atoms with Gasteiger partial charge in [-0.3, -0.25) is 0 Å². The van der Waals surface area contributed by atoms with Crippen molar-refractivity contribution in [3.05, 3.63) is 71.8 Å². The van der Waals surface area contributed by atoms with Crippen LogP contribution in [0.4, 0.5) is 0 Å². The molecular formula is C21H28OS2Si. The Kier molecular flexibility index (Phi) is 6.37. The van der Waals surface area contributed by atoms with Gasteiger partial charge in [-0.05, 0) is 30.4 Å². The van der Waals surface area contributed by atoms with Gasteiger partial charge < -0.3 is 4.74 Å². The third-order valence-corrected chi connectivity index (χ3v) is 10.0. The summed E-state index contributed by atoms with van der Waals surface area (Å²) in [4.78, 5) is 0. The van der Waals surface area contributed by atoms with Crippen molar-refractivity contribution in [1.29, 1.82) is 0 Å². The molecule has 1 fully saturated rings. The molecule has 0 aromatic heterocycles. The average molecular weight is 389 g/mol. The number of ether oxygens (including phenoxy) is 1. The lowest BCUT2D eigenvalue weighted by Gasteiger charge is -2.49. The zero-order valence-electron chi connectivity index (χ0n) is 15.2. The van der Waals surface area contributed by atoms with Crippen LogP contribution in [0.2, 0.25) is 0 Å². The number of thiol groups is 1. The van der Waals surface area contributed by atoms with Crippen LogP contribution < -0.4 is 0 Å². The van der Waals surface area contributed by atoms with Crippen molar-refractivity contribution < 1.29 is 4.74 Å². The molecule has 0 bridgehead atoms. The van der Waals surface area contributed by atoms with Gasteiger partial charge in [0.15, 0.2) is 0 Å². The molecule has 2 aromatic rings. The predicted octanol–water partition coefficient (Wildman–Crippen LogP) is 5.26. The van der Waals surface area contributed by atoms with E-state index in [0.29, 0.717) is 5.92 Å². The SMILES string of the molecule is CCC([SiH3])(OC1(c2ccccc2)CCCCC1c1ccccc1)SS. The molecule has 0 heterocycles. The van der Waals surface area contributed by atoms with Gasteiger partial charge in [0.2, 0.25) is 0 Å². The van der Waals surface area contributed by atoms with Crippen LogP contribution >= 0.6 is 22.5 Å². The first kappa shape index (κ1) is 19.1. The second-order valence-electron chi connectivity index (χ2n) is 7.15. The van der Waals surface area contributed by atoms with E-state index in [4.69, 9.17) is 4.74 Å². The van der Waals surface area contributed by atoms with Crippen molar-refractivity contribution in [2.45, 2.75) is 55.1 Å². The molecule has 0 amide bonds. The van der Waals surface area contributed by atoms with Crippen molar-refractivity contribution in [3.8, 4) is 0 Å². The van der Waals surface area contributed by atoms with Crippen molar-refractivity contribution >= 4 is 32.7 Å². The smallest absolute Gasteiger partial charge is 0.102 e. The van der Waals surface area contributed by atoms with E-state index < -0.39 is 0 Å². The molecule has 3 unspecified atom stereocenters. The van der Waals surface area contributed by atoms with E-state index in [1.54, 1.807) is 10.8 Å². The normalized spacial score (nSPS) is 26.2. The molecule has 1 saturated carbocycles. The first-order valence-electron chi connectivity index (χ1n) is 9.27. The van der Waals surface area contributed by atoms with Crippen molar-refractivity contribution in [2.75, 3.05) is 0 Å². The zero-order chi connectivity index (χ0) is 17.8. The molecule has 3 rings (SSSR count). The monoisotopic (exact) mass is 388 g/mol. The minimum Gasteiger partial charge on any atom is -0.357 e. The Hall–Kier alpha value is -0.683. The molecule has 1 nitrogen and oxygen atoms in total. The summed E-state index contributed by atoms with van der Waals surface area (Å²) in [6.45, 7) is 2.22.